The van der Waals surface area contributed by atoms with Crippen molar-refractivity contribution in [3.63, 3.8) is 0 Å². The summed E-state index contributed by atoms with van der Waals surface area (Å²) in [5, 5.41) is 13.8. The Balaban J connectivity index is 2.97. The van der Waals surface area contributed by atoms with Crippen LogP contribution in [0.5, 0.6) is 0 Å². The number of nitrogens with one attached hydrogen (secondary N) is 2. The first kappa shape index (κ1) is 21.1. The van der Waals surface area contributed by atoms with Crippen LogP contribution >= 0.6 is 0 Å². The molecule has 2 amide bonds. The summed E-state index contributed by atoms with van der Waals surface area (Å²) in [6.45, 7) is 2.88. The summed E-state index contributed by atoms with van der Waals surface area (Å²) in [6.07, 6.45) is 0.0818. The number of esters is 1. The zero-order valence-corrected chi connectivity index (χ0v) is 14.9. The van der Waals surface area contributed by atoms with E-state index in [-0.39, 0.29) is 12.8 Å². The van der Waals surface area contributed by atoms with Crippen molar-refractivity contribution >= 4 is 17.8 Å². The first-order valence-electron chi connectivity index (χ1n) is 8.05. The molecular weight excluding hydrogens is 341 g/mol. The van der Waals surface area contributed by atoms with E-state index >= 15 is 0 Å². The Morgan fingerprint density at radius 3 is 2.54 bits per heavy atom. The number of carbonyl (C=O) groups is 3. The number of hydrogen-bond acceptors (Lipinski definition) is 5. The highest BCUT2D eigenvalue weighted by Crippen LogP contribution is 2.11. The maximum absolute atomic E-state index is 13.4. The molecule has 0 saturated heterocycles. The fourth-order valence-corrected chi connectivity index (χ4v) is 2.43. The van der Waals surface area contributed by atoms with E-state index in [2.05, 4.69) is 15.4 Å². The van der Waals surface area contributed by atoms with Crippen molar-refractivity contribution in [2.45, 2.75) is 38.8 Å². The van der Waals surface area contributed by atoms with Crippen LogP contribution < -0.4 is 10.6 Å². The predicted molar refractivity (Wildman–Crippen MR) is 91.0 cm³/mol. The highest BCUT2D eigenvalue weighted by Gasteiger charge is 2.30. The highest BCUT2D eigenvalue weighted by atomic mass is 19.1. The summed E-state index contributed by atoms with van der Waals surface area (Å²) in [6, 6.07) is 5.56. The van der Waals surface area contributed by atoms with Gasteiger partial charge in [0.05, 0.1) is 13.2 Å². The van der Waals surface area contributed by atoms with Gasteiger partial charge in [0.25, 0.3) is 0 Å². The average molecular weight is 363 g/mol. The van der Waals surface area contributed by atoms with Gasteiger partial charge in [-0.05, 0) is 17.7 Å². The van der Waals surface area contributed by atoms with Gasteiger partial charge in [0, 0.05) is 25.7 Å². The van der Waals surface area contributed by atoms with E-state index in [9.17, 15) is 18.8 Å². The van der Waals surface area contributed by atoms with E-state index in [0.29, 0.717) is 5.56 Å². The van der Waals surface area contributed by atoms with Crippen molar-refractivity contribution < 1.29 is 23.5 Å². The predicted octanol–water partition coefficient (Wildman–Crippen LogP) is 1.08. The van der Waals surface area contributed by atoms with Crippen molar-refractivity contribution in [1.29, 1.82) is 5.26 Å². The molecule has 1 aromatic rings. The van der Waals surface area contributed by atoms with E-state index in [1.54, 1.807) is 13.0 Å². The number of halogens is 1. The lowest BCUT2D eigenvalue weighted by Crippen LogP contribution is -2.54. The van der Waals surface area contributed by atoms with Crippen molar-refractivity contribution in [3.8, 4) is 6.07 Å². The normalized spacial score (nSPS) is 13.7. The summed E-state index contributed by atoms with van der Waals surface area (Å²) >= 11 is 0. The van der Waals surface area contributed by atoms with Crippen LogP contribution in [0.15, 0.2) is 24.3 Å². The summed E-state index contributed by atoms with van der Waals surface area (Å²) in [5.41, 5.74) is 0.513. The zero-order valence-electron chi connectivity index (χ0n) is 14.9. The molecule has 3 atom stereocenters. The molecule has 0 saturated carbocycles. The Morgan fingerprint density at radius 2 is 2.00 bits per heavy atom. The molecule has 1 aromatic carbocycles. The molecule has 0 aliphatic carbocycles. The Bertz CT molecular complexity index is 702. The molecule has 140 valence electrons. The van der Waals surface area contributed by atoms with E-state index in [1.807, 2.05) is 6.07 Å². The number of hydrogen-bond donors (Lipinski definition) is 2. The fourth-order valence-electron chi connectivity index (χ4n) is 2.43. The lowest BCUT2D eigenvalue weighted by molar-refractivity contribution is -0.146. The monoisotopic (exact) mass is 363 g/mol. The Morgan fingerprint density at radius 1 is 1.31 bits per heavy atom. The average Bonchev–Trinajstić information content (AvgIpc) is 2.58. The first-order valence-corrected chi connectivity index (χ1v) is 8.05. The number of carbonyl (C=O) groups excluding carboxylic acids is 3. The van der Waals surface area contributed by atoms with Crippen LogP contribution in [0.3, 0.4) is 0 Å². The number of methoxy groups -OCH3 is 1. The number of rotatable bonds is 8. The van der Waals surface area contributed by atoms with Gasteiger partial charge in [-0.15, -0.1) is 0 Å². The largest absolute Gasteiger partial charge is 0.467 e. The molecule has 8 heteroatoms. The standard InChI is InChI=1S/C18H22FN3O4/c1-11(7-8-20)16(18(25)26-3)22-17(24)15(21-12(2)23)10-13-5-4-6-14(19)9-13/h4-6,9,11,15-16H,7,10H2,1-3H3,(H,21,23)(H,22,24)/t11-,15-,16-/m1/s1. The maximum atomic E-state index is 13.4. The molecule has 0 fully saturated rings. The second-order valence-electron chi connectivity index (χ2n) is 5.94. The van der Waals surface area contributed by atoms with Gasteiger partial charge in [-0.25, -0.2) is 9.18 Å². The van der Waals surface area contributed by atoms with Gasteiger partial charge in [-0.3, -0.25) is 9.59 Å². The SMILES string of the molecule is COC(=O)[C@H](NC(=O)[C@@H](Cc1cccc(F)c1)NC(C)=O)[C@H](C)CC#N. The number of nitrogens with zero attached hydrogens (tertiary/aromatic N) is 1. The third-order valence-corrected chi connectivity index (χ3v) is 3.76. The fraction of sp³-hybridized carbons (Fsp3) is 0.444. The van der Waals surface area contributed by atoms with Gasteiger partial charge in [-0.1, -0.05) is 19.1 Å². The minimum Gasteiger partial charge on any atom is -0.467 e. The van der Waals surface area contributed by atoms with Crippen LogP contribution in [-0.2, 0) is 25.5 Å². The summed E-state index contributed by atoms with van der Waals surface area (Å²) < 4.78 is 18.0. The van der Waals surface area contributed by atoms with Gasteiger partial charge in [-0.2, -0.15) is 5.26 Å². The van der Waals surface area contributed by atoms with Crippen LogP contribution in [0.4, 0.5) is 4.39 Å². The van der Waals surface area contributed by atoms with Crippen LogP contribution in [0.25, 0.3) is 0 Å². The van der Waals surface area contributed by atoms with Crippen molar-refractivity contribution in [2.75, 3.05) is 7.11 Å². The van der Waals surface area contributed by atoms with Gasteiger partial charge < -0.3 is 15.4 Å². The number of ether oxygens (including phenoxy) is 1. The van der Waals surface area contributed by atoms with Crippen LogP contribution in [0, 0.1) is 23.1 Å². The lowest BCUT2D eigenvalue weighted by atomic mass is 9.97. The van der Waals surface area contributed by atoms with Gasteiger partial charge in [0.15, 0.2) is 0 Å². The van der Waals surface area contributed by atoms with E-state index in [1.165, 1.54) is 32.2 Å². The molecule has 0 aliphatic heterocycles. The molecule has 0 heterocycles. The Hall–Kier alpha value is -2.95. The minimum absolute atomic E-state index is 0.0365. The van der Waals surface area contributed by atoms with Crippen LogP contribution in [-0.4, -0.2) is 37.0 Å². The van der Waals surface area contributed by atoms with Gasteiger partial charge in [0.1, 0.15) is 17.9 Å². The second kappa shape index (κ2) is 10.1. The molecule has 26 heavy (non-hydrogen) atoms. The second-order valence-corrected chi connectivity index (χ2v) is 5.94. The molecular formula is C18H22FN3O4. The van der Waals surface area contributed by atoms with Crippen molar-refractivity contribution in [1.82, 2.24) is 10.6 Å². The number of amides is 2. The zero-order chi connectivity index (χ0) is 19.7. The van der Waals surface area contributed by atoms with Gasteiger partial charge in [0.2, 0.25) is 11.8 Å². The van der Waals surface area contributed by atoms with Crippen LogP contribution in [0.2, 0.25) is 0 Å². The molecule has 7 nitrogen and oxygen atoms in total. The van der Waals surface area contributed by atoms with E-state index in [4.69, 9.17) is 5.26 Å². The molecule has 0 aliphatic rings. The Labute approximate surface area is 151 Å². The summed E-state index contributed by atoms with van der Waals surface area (Å²) in [4.78, 5) is 36.0. The quantitative estimate of drug-likeness (QED) is 0.672. The molecule has 2 N–H and O–H groups in total. The smallest absolute Gasteiger partial charge is 0.328 e. The van der Waals surface area contributed by atoms with Crippen LogP contribution in [0.1, 0.15) is 25.8 Å². The van der Waals surface area contributed by atoms with E-state index < -0.39 is 41.6 Å². The Kier molecular flexibility index (Phi) is 8.22. The van der Waals surface area contributed by atoms with Crippen molar-refractivity contribution in [2.24, 2.45) is 5.92 Å². The third kappa shape index (κ3) is 6.51. The lowest BCUT2D eigenvalue weighted by Gasteiger charge is -2.24. The van der Waals surface area contributed by atoms with Crippen molar-refractivity contribution in [3.05, 3.63) is 35.6 Å². The molecule has 0 aromatic heterocycles. The maximum Gasteiger partial charge on any atom is 0.328 e. The molecule has 1 rings (SSSR count). The minimum atomic E-state index is -1.03. The summed E-state index contributed by atoms with van der Waals surface area (Å²) in [7, 11) is 1.18. The number of benzene rings is 1. The molecule has 0 spiro atoms. The highest BCUT2D eigenvalue weighted by molar-refractivity contribution is 5.90. The molecule has 0 radical (unpaired) electrons. The summed E-state index contributed by atoms with van der Waals surface area (Å²) in [5.74, 6) is -2.69. The first-order chi connectivity index (χ1) is 12.3. The van der Waals surface area contributed by atoms with E-state index in [0.717, 1.165) is 0 Å². The third-order valence-electron chi connectivity index (χ3n) is 3.76. The molecule has 0 bridgehead atoms. The van der Waals surface area contributed by atoms with Gasteiger partial charge >= 0.3 is 5.97 Å². The molecule has 0 unspecified atom stereocenters. The number of nitriles is 1. The topological polar surface area (TPSA) is 108 Å².